The molecule has 1 saturated heterocycles. The number of ether oxygens (including phenoxy) is 1. The highest BCUT2D eigenvalue weighted by Crippen LogP contribution is 2.36. The van der Waals surface area contributed by atoms with Crippen molar-refractivity contribution >= 4 is 0 Å². The average molecular weight is 262 g/mol. The van der Waals surface area contributed by atoms with Crippen molar-refractivity contribution in [1.29, 1.82) is 0 Å². The van der Waals surface area contributed by atoms with E-state index in [2.05, 4.69) is 43.0 Å². The zero-order valence-corrected chi connectivity index (χ0v) is 12.1. The minimum absolute atomic E-state index is 0.482. The van der Waals surface area contributed by atoms with Crippen molar-refractivity contribution in [2.45, 2.75) is 32.7 Å². The van der Waals surface area contributed by atoms with E-state index in [-0.39, 0.29) is 0 Å². The Morgan fingerprint density at radius 2 is 2.00 bits per heavy atom. The Morgan fingerprint density at radius 3 is 2.58 bits per heavy atom. The Labute approximate surface area is 116 Å². The molecule has 1 aliphatic heterocycles. The van der Waals surface area contributed by atoms with Crippen LogP contribution in [0.5, 0.6) is 5.75 Å². The fourth-order valence-corrected chi connectivity index (χ4v) is 2.99. The molecule has 0 spiro atoms. The third-order valence-electron chi connectivity index (χ3n) is 4.03. The van der Waals surface area contributed by atoms with Gasteiger partial charge >= 0.3 is 0 Å². The maximum atomic E-state index is 5.92. The fourth-order valence-electron chi connectivity index (χ4n) is 2.99. The Hall–Kier alpha value is -1.06. The molecule has 0 radical (unpaired) electrons. The largest absolute Gasteiger partial charge is 0.494 e. The van der Waals surface area contributed by atoms with Crippen LogP contribution in [0.15, 0.2) is 24.3 Å². The highest BCUT2D eigenvalue weighted by atomic mass is 16.5. The van der Waals surface area contributed by atoms with Gasteiger partial charge in [-0.25, -0.2) is 0 Å². The van der Waals surface area contributed by atoms with Gasteiger partial charge < -0.3 is 10.5 Å². The molecule has 2 atom stereocenters. The number of nitrogens with two attached hydrogens (primary N) is 1. The van der Waals surface area contributed by atoms with Gasteiger partial charge in [0.1, 0.15) is 5.75 Å². The molecule has 1 aromatic carbocycles. The second-order valence-electron chi connectivity index (χ2n) is 5.28. The molecule has 2 unspecified atom stereocenters. The second kappa shape index (κ2) is 6.92. The first-order chi connectivity index (χ1) is 9.30. The van der Waals surface area contributed by atoms with Crippen LogP contribution in [0.3, 0.4) is 0 Å². The highest BCUT2D eigenvalue weighted by molar-refractivity contribution is 5.30. The van der Waals surface area contributed by atoms with Gasteiger partial charge in [0.05, 0.1) is 6.61 Å². The molecule has 2 N–H and O–H groups in total. The van der Waals surface area contributed by atoms with Crippen molar-refractivity contribution in [3.05, 3.63) is 29.8 Å². The van der Waals surface area contributed by atoms with E-state index in [1.807, 2.05) is 0 Å². The van der Waals surface area contributed by atoms with Gasteiger partial charge in [0.2, 0.25) is 0 Å². The molecule has 1 fully saturated rings. The summed E-state index contributed by atoms with van der Waals surface area (Å²) in [6, 6.07) is 9.06. The lowest BCUT2D eigenvalue weighted by Gasteiger charge is -2.27. The van der Waals surface area contributed by atoms with Crippen LogP contribution in [0.25, 0.3) is 0 Å². The van der Waals surface area contributed by atoms with Crippen molar-refractivity contribution in [3.8, 4) is 5.75 Å². The third kappa shape index (κ3) is 3.28. The van der Waals surface area contributed by atoms with E-state index in [1.54, 1.807) is 0 Å². The van der Waals surface area contributed by atoms with E-state index >= 15 is 0 Å². The summed E-state index contributed by atoms with van der Waals surface area (Å²) in [5.41, 5.74) is 7.30. The molecule has 3 heteroatoms. The van der Waals surface area contributed by atoms with Gasteiger partial charge in [0, 0.05) is 6.04 Å². The van der Waals surface area contributed by atoms with Crippen LogP contribution in [-0.2, 0) is 0 Å². The SMILES string of the molecule is CCCOc1ccc(C2C(CN)CCN2CC)cc1. The Balaban J connectivity index is 2.10. The van der Waals surface area contributed by atoms with Crippen LogP contribution in [0.2, 0.25) is 0 Å². The normalized spacial score (nSPS) is 23.7. The van der Waals surface area contributed by atoms with Crippen LogP contribution in [0.4, 0.5) is 0 Å². The van der Waals surface area contributed by atoms with Crippen molar-refractivity contribution in [2.75, 3.05) is 26.2 Å². The maximum Gasteiger partial charge on any atom is 0.119 e. The van der Waals surface area contributed by atoms with E-state index in [1.165, 1.54) is 12.0 Å². The van der Waals surface area contributed by atoms with E-state index in [0.717, 1.165) is 38.4 Å². The summed E-state index contributed by atoms with van der Waals surface area (Å²) in [6.45, 7) is 8.17. The molecule has 0 amide bonds. The molecule has 0 aromatic heterocycles. The highest BCUT2D eigenvalue weighted by Gasteiger charge is 2.33. The molecule has 19 heavy (non-hydrogen) atoms. The summed E-state index contributed by atoms with van der Waals surface area (Å²) < 4.78 is 5.64. The van der Waals surface area contributed by atoms with Crippen LogP contribution in [-0.4, -0.2) is 31.1 Å². The maximum absolute atomic E-state index is 5.92. The van der Waals surface area contributed by atoms with Crippen LogP contribution in [0, 0.1) is 5.92 Å². The Morgan fingerprint density at radius 1 is 1.26 bits per heavy atom. The topological polar surface area (TPSA) is 38.5 Å². The molecule has 1 aromatic rings. The van der Waals surface area contributed by atoms with Crippen molar-refractivity contribution in [2.24, 2.45) is 11.7 Å². The zero-order valence-electron chi connectivity index (χ0n) is 12.1. The summed E-state index contributed by atoms with van der Waals surface area (Å²) in [5, 5.41) is 0. The molecule has 0 aliphatic carbocycles. The molecule has 3 nitrogen and oxygen atoms in total. The molecule has 2 rings (SSSR count). The minimum Gasteiger partial charge on any atom is -0.494 e. The van der Waals surface area contributed by atoms with Gasteiger partial charge in [-0.3, -0.25) is 4.90 Å². The Kier molecular flexibility index (Phi) is 5.23. The summed E-state index contributed by atoms with van der Waals surface area (Å²) in [4.78, 5) is 2.53. The third-order valence-corrected chi connectivity index (χ3v) is 4.03. The number of hydrogen-bond acceptors (Lipinski definition) is 3. The van der Waals surface area contributed by atoms with E-state index in [9.17, 15) is 0 Å². The summed E-state index contributed by atoms with van der Waals surface area (Å²) >= 11 is 0. The van der Waals surface area contributed by atoms with Crippen LogP contribution in [0.1, 0.15) is 38.3 Å². The lowest BCUT2D eigenvalue weighted by Crippen LogP contribution is -2.28. The van der Waals surface area contributed by atoms with Gasteiger partial charge in [0.15, 0.2) is 0 Å². The van der Waals surface area contributed by atoms with Gasteiger partial charge in [-0.1, -0.05) is 26.0 Å². The smallest absolute Gasteiger partial charge is 0.119 e. The number of nitrogens with zero attached hydrogens (tertiary/aromatic N) is 1. The summed E-state index contributed by atoms with van der Waals surface area (Å²) in [6.07, 6.45) is 2.26. The summed E-state index contributed by atoms with van der Waals surface area (Å²) in [5.74, 6) is 1.55. The summed E-state index contributed by atoms with van der Waals surface area (Å²) in [7, 11) is 0. The molecule has 1 heterocycles. The average Bonchev–Trinajstić information content (AvgIpc) is 2.88. The fraction of sp³-hybridized carbons (Fsp3) is 0.625. The zero-order chi connectivity index (χ0) is 13.7. The van der Waals surface area contributed by atoms with Gasteiger partial charge in [-0.2, -0.15) is 0 Å². The van der Waals surface area contributed by atoms with E-state index in [4.69, 9.17) is 10.5 Å². The minimum atomic E-state index is 0.482. The number of benzene rings is 1. The van der Waals surface area contributed by atoms with Crippen LogP contribution >= 0.6 is 0 Å². The predicted molar refractivity (Wildman–Crippen MR) is 79.4 cm³/mol. The second-order valence-corrected chi connectivity index (χ2v) is 5.28. The van der Waals surface area contributed by atoms with Crippen molar-refractivity contribution in [3.63, 3.8) is 0 Å². The quantitative estimate of drug-likeness (QED) is 0.856. The molecule has 106 valence electrons. The van der Waals surface area contributed by atoms with E-state index < -0.39 is 0 Å². The molecular weight excluding hydrogens is 236 g/mol. The van der Waals surface area contributed by atoms with Gasteiger partial charge in [-0.05, 0) is 56.1 Å². The van der Waals surface area contributed by atoms with E-state index in [0.29, 0.717) is 12.0 Å². The monoisotopic (exact) mass is 262 g/mol. The molecule has 1 aliphatic rings. The predicted octanol–water partition coefficient (Wildman–Crippen LogP) is 2.82. The molecule has 0 saturated carbocycles. The Bertz CT molecular complexity index is 365. The standard InChI is InChI=1S/C16H26N2O/c1-3-11-19-15-7-5-13(6-8-15)16-14(12-17)9-10-18(16)4-2/h5-8,14,16H,3-4,9-12,17H2,1-2H3. The lowest BCUT2D eigenvalue weighted by atomic mass is 9.94. The number of likely N-dealkylation sites (tertiary alicyclic amines) is 1. The van der Waals surface area contributed by atoms with Crippen LogP contribution < -0.4 is 10.5 Å². The first-order valence-electron chi connectivity index (χ1n) is 7.47. The number of rotatable bonds is 6. The first-order valence-corrected chi connectivity index (χ1v) is 7.47. The van der Waals surface area contributed by atoms with Gasteiger partial charge in [0.25, 0.3) is 0 Å². The molecular formula is C16H26N2O. The molecule has 0 bridgehead atoms. The van der Waals surface area contributed by atoms with Crippen molar-refractivity contribution in [1.82, 2.24) is 4.90 Å². The first kappa shape index (κ1) is 14.4. The lowest BCUT2D eigenvalue weighted by molar-refractivity contribution is 0.241. The van der Waals surface area contributed by atoms with Gasteiger partial charge in [-0.15, -0.1) is 0 Å². The van der Waals surface area contributed by atoms with Crippen molar-refractivity contribution < 1.29 is 4.74 Å². The number of hydrogen-bond donors (Lipinski definition) is 1.